The number of fused-ring (bicyclic) bond motifs is 1. The van der Waals surface area contributed by atoms with Crippen LogP contribution in [0.5, 0.6) is 5.75 Å². The van der Waals surface area contributed by atoms with Gasteiger partial charge in [0.1, 0.15) is 12.1 Å². The number of aromatic nitrogens is 2. The van der Waals surface area contributed by atoms with Crippen molar-refractivity contribution in [2.24, 2.45) is 0 Å². The van der Waals surface area contributed by atoms with Gasteiger partial charge in [0, 0.05) is 23.2 Å². The second kappa shape index (κ2) is 7.90. The zero-order chi connectivity index (χ0) is 18.6. The van der Waals surface area contributed by atoms with Gasteiger partial charge in [-0.05, 0) is 43.2 Å². The van der Waals surface area contributed by atoms with Crippen LogP contribution in [0.2, 0.25) is 0 Å². The number of aromatic hydroxyl groups is 1. The van der Waals surface area contributed by atoms with E-state index in [9.17, 15) is 5.11 Å². The lowest BCUT2D eigenvalue weighted by molar-refractivity contribution is 0.475. The maximum absolute atomic E-state index is 9.68. The van der Waals surface area contributed by atoms with Crippen LogP contribution < -0.4 is 10.6 Å². The number of hydrogen-bond acceptors (Lipinski definition) is 6. The number of phenolic OH excluding ortho intramolecular Hbond substituents is 1. The molecule has 4 rings (SSSR count). The molecule has 2 aromatic heterocycles. The highest BCUT2D eigenvalue weighted by Crippen LogP contribution is 2.36. The van der Waals surface area contributed by atoms with Gasteiger partial charge in [0.2, 0.25) is 0 Å². The molecule has 3 aromatic rings. The number of phenols is 1. The van der Waals surface area contributed by atoms with Crippen LogP contribution in [0.15, 0.2) is 54.4 Å². The van der Waals surface area contributed by atoms with Gasteiger partial charge in [-0.1, -0.05) is 30.7 Å². The second-order valence-electron chi connectivity index (χ2n) is 6.50. The molecule has 0 atom stereocenters. The molecule has 0 amide bonds. The third-order valence-electron chi connectivity index (χ3n) is 4.50. The van der Waals surface area contributed by atoms with Crippen molar-refractivity contribution in [1.82, 2.24) is 15.3 Å². The van der Waals surface area contributed by atoms with Crippen molar-refractivity contribution in [1.29, 1.82) is 0 Å². The first kappa shape index (κ1) is 17.7. The van der Waals surface area contributed by atoms with Gasteiger partial charge < -0.3 is 15.7 Å². The molecular formula is C21H22N4OS. The summed E-state index contributed by atoms with van der Waals surface area (Å²) >= 11 is 1.70. The van der Waals surface area contributed by atoms with Gasteiger partial charge >= 0.3 is 0 Å². The van der Waals surface area contributed by atoms with Gasteiger partial charge in [0.05, 0.1) is 10.2 Å². The zero-order valence-corrected chi connectivity index (χ0v) is 16.0. The molecule has 1 aliphatic rings. The lowest BCUT2D eigenvalue weighted by Gasteiger charge is -2.13. The predicted octanol–water partition coefficient (Wildman–Crippen LogP) is 4.85. The fourth-order valence-corrected chi connectivity index (χ4v) is 4.23. The average molecular weight is 379 g/mol. The Labute approximate surface area is 162 Å². The molecule has 0 unspecified atom stereocenters. The van der Waals surface area contributed by atoms with E-state index in [4.69, 9.17) is 0 Å². The summed E-state index contributed by atoms with van der Waals surface area (Å²) in [5.74, 6) is 0.984. The van der Waals surface area contributed by atoms with E-state index in [0.29, 0.717) is 0 Å². The number of nitrogens with zero attached hydrogens (tertiary/aromatic N) is 2. The molecule has 1 aromatic carbocycles. The number of allylic oxidation sites excluding steroid dienone is 3. The van der Waals surface area contributed by atoms with E-state index in [0.717, 1.165) is 47.7 Å². The van der Waals surface area contributed by atoms with Crippen LogP contribution in [-0.2, 0) is 0 Å². The van der Waals surface area contributed by atoms with Crippen molar-refractivity contribution in [3.8, 4) is 5.75 Å². The van der Waals surface area contributed by atoms with Gasteiger partial charge in [-0.25, -0.2) is 9.97 Å². The molecule has 1 aliphatic carbocycles. The van der Waals surface area contributed by atoms with Crippen molar-refractivity contribution >= 4 is 38.6 Å². The molecule has 3 N–H and O–H groups in total. The van der Waals surface area contributed by atoms with Crippen molar-refractivity contribution in [3.63, 3.8) is 0 Å². The Morgan fingerprint density at radius 2 is 2.15 bits per heavy atom. The Hall–Kier alpha value is -2.70. The highest BCUT2D eigenvalue weighted by molar-refractivity contribution is 7.20. The molecule has 0 aliphatic heterocycles. The molecule has 0 fully saturated rings. The number of hydrogen-bond donors (Lipinski definition) is 3. The number of nitrogens with one attached hydrogen (secondary N) is 2. The molecule has 0 bridgehead atoms. The number of thiophene rings is 1. The zero-order valence-electron chi connectivity index (χ0n) is 15.2. The summed E-state index contributed by atoms with van der Waals surface area (Å²) in [7, 11) is 0. The molecule has 27 heavy (non-hydrogen) atoms. The molecule has 5 nitrogen and oxygen atoms in total. The third kappa shape index (κ3) is 4.02. The van der Waals surface area contributed by atoms with Crippen molar-refractivity contribution < 1.29 is 5.11 Å². The molecule has 0 spiro atoms. The SMILES string of the molecule is CCNCC1=CC(c2cc3ncnc(Nc4cccc(O)c4)c3s2)=CCC1. The lowest BCUT2D eigenvalue weighted by Crippen LogP contribution is -2.16. The number of anilines is 2. The minimum atomic E-state index is 0.225. The van der Waals surface area contributed by atoms with Crippen LogP contribution in [-0.4, -0.2) is 28.2 Å². The van der Waals surface area contributed by atoms with Crippen LogP contribution in [0.1, 0.15) is 24.6 Å². The summed E-state index contributed by atoms with van der Waals surface area (Å²) in [6.07, 6.45) is 8.36. The van der Waals surface area contributed by atoms with Crippen LogP contribution in [0.4, 0.5) is 11.5 Å². The largest absolute Gasteiger partial charge is 0.508 e. The van der Waals surface area contributed by atoms with E-state index in [-0.39, 0.29) is 5.75 Å². The number of likely N-dealkylation sites (N-methyl/N-ethyl adjacent to an activating group) is 1. The summed E-state index contributed by atoms with van der Waals surface area (Å²) < 4.78 is 1.02. The molecule has 2 heterocycles. The Morgan fingerprint density at radius 3 is 3.00 bits per heavy atom. The van der Waals surface area contributed by atoms with E-state index >= 15 is 0 Å². The standard InChI is InChI=1S/C21H22N4OS/c1-2-22-12-14-5-3-6-15(9-14)19-11-18-20(27-19)21(24-13-23-18)25-16-7-4-8-17(26)10-16/h4,6-11,13,22,26H,2-3,5,12H2,1H3,(H,23,24,25). The molecule has 0 saturated carbocycles. The van der Waals surface area contributed by atoms with Gasteiger partial charge in [-0.15, -0.1) is 11.3 Å². The van der Waals surface area contributed by atoms with E-state index in [1.165, 1.54) is 16.0 Å². The highest BCUT2D eigenvalue weighted by Gasteiger charge is 2.14. The van der Waals surface area contributed by atoms with E-state index in [1.807, 2.05) is 6.07 Å². The fraction of sp³-hybridized carbons (Fsp3) is 0.238. The Balaban J connectivity index is 1.65. The van der Waals surface area contributed by atoms with Gasteiger partial charge in [-0.3, -0.25) is 0 Å². The van der Waals surface area contributed by atoms with Crippen LogP contribution in [0, 0.1) is 0 Å². The summed E-state index contributed by atoms with van der Waals surface area (Å²) in [4.78, 5) is 10.0. The van der Waals surface area contributed by atoms with Crippen LogP contribution >= 0.6 is 11.3 Å². The molecular weight excluding hydrogens is 356 g/mol. The quantitative estimate of drug-likeness (QED) is 0.572. The average Bonchev–Trinajstić information content (AvgIpc) is 3.12. The Bertz CT molecular complexity index is 1020. The topological polar surface area (TPSA) is 70.1 Å². The maximum Gasteiger partial charge on any atom is 0.151 e. The van der Waals surface area contributed by atoms with E-state index in [2.05, 4.69) is 45.7 Å². The third-order valence-corrected chi connectivity index (χ3v) is 5.68. The normalized spacial score (nSPS) is 14.1. The first-order chi connectivity index (χ1) is 13.2. The first-order valence-electron chi connectivity index (χ1n) is 9.14. The van der Waals surface area contributed by atoms with Gasteiger partial charge in [-0.2, -0.15) is 0 Å². The number of benzene rings is 1. The Morgan fingerprint density at radius 1 is 1.22 bits per heavy atom. The van der Waals surface area contributed by atoms with Crippen molar-refractivity contribution in [3.05, 3.63) is 59.3 Å². The van der Waals surface area contributed by atoms with E-state index in [1.54, 1.807) is 35.9 Å². The lowest BCUT2D eigenvalue weighted by atomic mass is 9.98. The molecule has 0 saturated heterocycles. The number of rotatable bonds is 6. The second-order valence-corrected chi connectivity index (χ2v) is 7.56. The Kier molecular flexibility index (Phi) is 5.18. The summed E-state index contributed by atoms with van der Waals surface area (Å²) in [5.41, 5.74) is 4.44. The molecule has 6 heteroatoms. The van der Waals surface area contributed by atoms with E-state index < -0.39 is 0 Å². The highest BCUT2D eigenvalue weighted by atomic mass is 32.1. The molecule has 138 valence electrons. The monoisotopic (exact) mass is 378 g/mol. The van der Waals surface area contributed by atoms with Gasteiger partial charge in [0.15, 0.2) is 5.82 Å². The minimum Gasteiger partial charge on any atom is -0.508 e. The van der Waals surface area contributed by atoms with Crippen LogP contribution in [0.3, 0.4) is 0 Å². The predicted molar refractivity (Wildman–Crippen MR) is 113 cm³/mol. The smallest absolute Gasteiger partial charge is 0.151 e. The molecule has 0 radical (unpaired) electrons. The van der Waals surface area contributed by atoms with Crippen LogP contribution in [0.25, 0.3) is 15.8 Å². The maximum atomic E-state index is 9.68. The summed E-state index contributed by atoms with van der Waals surface area (Å²) in [5, 5.41) is 16.4. The first-order valence-corrected chi connectivity index (χ1v) is 9.96. The van der Waals surface area contributed by atoms with Crippen molar-refractivity contribution in [2.45, 2.75) is 19.8 Å². The fourth-order valence-electron chi connectivity index (χ4n) is 3.17. The minimum absolute atomic E-state index is 0.225. The summed E-state index contributed by atoms with van der Waals surface area (Å²) in [6.45, 7) is 4.06. The van der Waals surface area contributed by atoms with Gasteiger partial charge in [0.25, 0.3) is 0 Å². The summed E-state index contributed by atoms with van der Waals surface area (Å²) in [6, 6.07) is 9.17. The van der Waals surface area contributed by atoms with Crippen molar-refractivity contribution in [2.75, 3.05) is 18.4 Å².